The van der Waals surface area contributed by atoms with Crippen LogP contribution < -0.4 is 0 Å². The zero-order valence-electron chi connectivity index (χ0n) is 21.2. The first-order chi connectivity index (χ1) is 17.2. The van der Waals surface area contributed by atoms with Crippen LogP contribution >= 0.6 is 22.7 Å². The van der Waals surface area contributed by atoms with E-state index >= 15 is 0 Å². The number of thiazole rings is 2. The molecule has 10 heteroatoms. The van der Waals surface area contributed by atoms with Crippen LogP contribution in [-0.4, -0.2) is 53.3 Å². The van der Waals surface area contributed by atoms with Crippen molar-refractivity contribution in [2.75, 3.05) is 19.6 Å². The molecule has 4 aromatic rings. The maximum Gasteiger partial charge on any atom is 0.243 e. The van der Waals surface area contributed by atoms with Crippen molar-refractivity contribution in [2.45, 2.75) is 51.6 Å². The van der Waals surface area contributed by atoms with Crippen molar-refractivity contribution in [1.29, 1.82) is 0 Å². The van der Waals surface area contributed by atoms with E-state index in [1.165, 1.54) is 22.7 Å². The average Bonchev–Trinajstić information content (AvgIpc) is 3.58. The third kappa shape index (κ3) is 6.80. The third-order valence-electron chi connectivity index (χ3n) is 5.88. The molecule has 0 aliphatic heterocycles. The second kappa shape index (κ2) is 12.0. The lowest BCUT2D eigenvalue weighted by atomic mass is 10.1. The first-order valence-electron chi connectivity index (χ1n) is 12.2. The molecule has 0 bridgehead atoms. The molecule has 1 atom stereocenters. The molecule has 36 heavy (non-hydrogen) atoms. The Morgan fingerprint density at radius 3 is 2.44 bits per heavy atom. The van der Waals surface area contributed by atoms with Gasteiger partial charge in [-0.25, -0.2) is 13.4 Å². The van der Waals surface area contributed by atoms with E-state index in [2.05, 4.69) is 42.6 Å². The molecule has 0 saturated heterocycles. The van der Waals surface area contributed by atoms with Crippen LogP contribution in [0.4, 0.5) is 0 Å². The van der Waals surface area contributed by atoms with Crippen LogP contribution in [0.5, 0.6) is 0 Å². The summed E-state index contributed by atoms with van der Waals surface area (Å²) in [4.78, 5) is 12.3. The van der Waals surface area contributed by atoms with E-state index in [0.717, 1.165) is 29.0 Å². The highest BCUT2D eigenvalue weighted by molar-refractivity contribution is 7.89. The van der Waals surface area contributed by atoms with E-state index in [1.54, 1.807) is 52.1 Å². The van der Waals surface area contributed by atoms with Gasteiger partial charge in [-0.2, -0.15) is 4.31 Å². The van der Waals surface area contributed by atoms with Crippen molar-refractivity contribution in [2.24, 2.45) is 11.8 Å². The summed E-state index contributed by atoms with van der Waals surface area (Å²) in [5.41, 5.74) is 5.13. The monoisotopic (exact) mass is 546 g/mol. The molecular weight excluding hydrogens is 513 g/mol. The number of hydrogen-bond donors (Lipinski definition) is 0. The van der Waals surface area contributed by atoms with Gasteiger partial charge in [0.2, 0.25) is 10.0 Å². The fourth-order valence-electron chi connectivity index (χ4n) is 4.52. The summed E-state index contributed by atoms with van der Waals surface area (Å²) in [6.45, 7) is 11.5. The highest BCUT2D eigenvalue weighted by Gasteiger charge is 2.34. The highest BCUT2D eigenvalue weighted by Crippen LogP contribution is 2.28. The lowest BCUT2D eigenvalue weighted by Crippen LogP contribution is -2.49. The summed E-state index contributed by atoms with van der Waals surface area (Å²) in [5.74, 6) is 0.942. The molecule has 0 fully saturated rings. The van der Waals surface area contributed by atoms with Gasteiger partial charge < -0.3 is 9.32 Å². The molecule has 194 valence electrons. The number of fused-ring (bicyclic) bond motifs is 1. The van der Waals surface area contributed by atoms with E-state index in [-0.39, 0.29) is 17.5 Å². The van der Waals surface area contributed by atoms with Crippen LogP contribution in [0.2, 0.25) is 0 Å². The first kappa shape index (κ1) is 26.9. The Labute approximate surface area is 221 Å². The van der Waals surface area contributed by atoms with Gasteiger partial charge in [-0.3, -0.25) is 4.98 Å². The molecule has 0 radical (unpaired) electrons. The van der Waals surface area contributed by atoms with Gasteiger partial charge in [0, 0.05) is 53.9 Å². The summed E-state index contributed by atoms with van der Waals surface area (Å²) in [6, 6.07) is 6.57. The lowest BCUT2D eigenvalue weighted by molar-refractivity contribution is 0.164. The van der Waals surface area contributed by atoms with Crippen LogP contribution in [0, 0.1) is 11.8 Å². The molecule has 0 amide bonds. The molecule has 1 aromatic carbocycles. The predicted molar refractivity (Wildman–Crippen MR) is 147 cm³/mol. The first-order valence-corrected chi connectivity index (χ1v) is 15.4. The normalized spacial score (nSPS) is 13.6. The van der Waals surface area contributed by atoms with Gasteiger partial charge >= 0.3 is 0 Å². The summed E-state index contributed by atoms with van der Waals surface area (Å²) >= 11 is 3.01. The number of benzene rings is 1. The minimum atomic E-state index is -3.83. The number of rotatable bonds is 13. The van der Waals surface area contributed by atoms with Crippen molar-refractivity contribution in [3.05, 3.63) is 63.7 Å². The van der Waals surface area contributed by atoms with Crippen molar-refractivity contribution >= 4 is 43.7 Å². The van der Waals surface area contributed by atoms with E-state index in [9.17, 15) is 8.42 Å². The molecule has 0 saturated carbocycles. The van der Waals surface area contributed by atoms with Gasteiger partial charge in [-0.15, -0.1) is 22.7 Å². The average molecular weight is 547 g/mol. The Balaban J connectivity index is 1.76. The molecule has 0 N–H and O–H groups in total. The topological polar surface area (TPSA) is 79.5 Å². The van der Waals surface area contributed by atoms with Gasteiger partial charge in [-0.05, 0) is 36.1 Å². The molecule has 0 spiro atoms. The molecule has 0 aliphatic rings. The summed E-state index contributed by atoms with van der Waals surface area (Å²) < 4.78 is 35.6. The molecule has 0 aliphatic carbocycles. The van der Waals surface area contributed by atoms with Gasteiger partial charge in [0.25, 0.3) is 0 Å². The van der Waals surface area contributed by atoms with Gasteiger partial charge in [0.05, 0.1) is 34.4 Å². The van der Waals surface area contributed by atoms with Gasteiger partial charge in [0.1, 0.15) is 5.58 Å². The zero-order chi connectivity index (χ0) is 25.7. The maximum absolute atomic E-state index is 14.3. The molecule has 7 nitrogen and oxygen atoms in total. The van der Waals surface area contributed by atoms with Crippen LogP contribution in [0.3, 0.4) is 0 Å². The summed E-state index contributed by atoms with van der Waals surface area (Å²) in [6.07, 6.45) is 3.88. The van der Waals surface area contributed by atoms with E-state index < -0.39 is 10.0 Å². The van der Waals surface area contributed by atoms with Gasteiger partial charge in [-0.1, -0.05) is 27.7 Å². The molecule has 3 aromatic heterocycles. The van der Waals surface area contributed by atoms with Crippen LogP contribution in [0.1, 0.15) is 38.3 Å². The second-order valence-electron chi connectivity index (χ2n) is 9.98. The number of furan rings is 1. The van der Waals surface area contributed by atoms with Crippen LogP contribution in [0.15, 0.2) is 62.4 Å². The Kier molecular flexibility index (Phi) is 8.95. The maximum atomic E-state index is 14.3. The Hall–Kier alpha value is -2.11. The number of hydrogen-bond acceptors (Lipinski definition) is 8. The van der Waals surface area contributed by atoms with E-state index in [4.69, 9.17) is 4.42 Å². The van der Waals surface area contributed by atoms with Crippen molar-refractivity contribution in [3.63, 3.8) is 0 Å². The van der Waals surface area contributed by atoms with E-state index in [0.29, 0.717) is 30.4 Å². The predicted octanol–water partition coefficient (Wildman–Crippen LogP) is 5.76. The summed E-state index contributed by atoms with van der Waals surface area (Å²) in [7, 11) is -3.83. The van der Waals surface area contributed by atoms with Crippen molar-refractivity contribution in [3.8, 4) is 0 Å². The Morgan fingerprint density at radius 1 is 1.03 bits per heavy atom. The largest absolute Gasteiger partial charge is 0.464 e. The number of aromatic nitrogens is 2. The molecule has 3 heterocycles. The zero-order valence-corrected chi connectivity index (χ0v) is 23.7. The number of sulfonamides is 1. The Morgan fingerprint density at radius 2 is 1.81 bits per heavy atom. The molecule has 0 unspecified atom stereocenters. The van der Waals surface area contributed by atoms with Crippen LogP contribution in [0.25, 0.3) is 11.0 Å². The standard InChI is InChI=1S/C26H34N4O3S3/c1-19(2)12-29(13-20(3)4)14-23(10-22-16-34-18-28-22)30(15-24-11-27-17-35-24)36(31,32)25-5-6-26-21(9-25)7-8-33-26/h5-9,11,16-20,23H,10,12-15H2,1-4H3/t23-/m0/s1. The van der Waals surface area contributed by atoms with Crippen molar-refractivity contribution < 1.29 is 12.8 Å². The minimum absolute atomic E-state index is 0.266. The fourth-order valence-corrected chi connectivity index (χ4v) is 7.39. The van der Waals surface area contributed by atoms with Crippen LogP contribution in [-0.2, 0) is 23.0 Å². The minimum Gasteiger partial charge on any atom is -0.464 e. The lowest BCUT2D eigenvalue weighted by Gasteiger charge is -2.36. The Bertz CT molecular complexity index is 1310. The fraction of sp³-hybridized carbons (Fsp3) is 0.462. The SMILES string of the molecule is CC(C)CN(CC(C)C)C[C@H](Cc1cscn1)N(Cc1cncs1)S(=O)(=O)c1ccc2occc2c1. The second-order valence-corrected chi connectivity index (χ2v) is 13.6. The third-order valence-corrected chi connectivity index (χ3v) is 9.17. The number of nitrogens with zero attached hydrogens (tertiary/aromatic N) is 4. The van der Waals surface area contributed by atoms with Crippen molar-refractivity contribution in [1.82, 2.24) is 19.2 Å². The summed E-state index contributed by atoms with van der Waals surface area (Å²) in [5, 5.41) is 2.78. The van der Waals surface area contributed by atoms with E-state index in [1.807, 2.05) is 5.38 Å². The molecule has 4 rings (SSSR count). The smallest absolute Gasteiger partial charge is 0.243 e. The molecular formula is C26H34N4O3S3. The van der Waals surface area contributed by atoms with Gasteiger partial charge in [0.15, 0.2) is 0 Å². The highest BCUT2D eigenvalue weighted by atomic mass is 32.2. The quantitative estimate of drug-likeness (QED) is 0.212.